The van der Waals surface area contributed by atoms with Crippen LogP contribution in [0.5, 0.6) is 0 Å². The molecular weight excluding hydrogens is 225 g/mol. The second kappa shape index (κ2) is 1.99. The van der Waals surface area contributed by atoms with Crippen molar-refractivity contribution in [1.82, 2.24) is 0 Å². The Morgan fingerprint density at radius 1 is 1.17 bits per heavy atom. The van der Waals surface area contributed by atoms with Gasteiger partial charge in [-0.3, -0.25) is 0 Å². The SMILES string of the molecule is [O]=[Zn][Mo](=[O])(=[O])=[O]. The van der Waals surface area contributed by atoms with Crippen LogP contribution in [0, 0.1) is 0 Å². The fraction of sp³-hybridized carbons (Fsp3) is 0. The minimum atomic E-state index is -5.18. The molecule has 0 radical (unpaired) electrons. The first-order chi connectivity index (χ1) is 2.56. The molecule has 0 heterocycles. The third kappa shape index (κ3) is 4.51. The van der Waals surface area contributed by atoms with Crippen molar-refractivity contribution in [2.45, 2.75) is 0 Å². The molecule has 0 N–H and O–H groups in total. The van der Waals surface area contributed by atoms with Gasteiger partial charge in [0.1, 0.15) is 0 Å². The molecule has 6 heteroatoms. The van der Waals surface area contributed by atoms with Gasteiger partial charge in [-0.2, -0.15) is 0 Å². The van der Waals surface area contributed by atoms with E-state index in [0.29, 0.717) is 0 Å². The Morgan fingerprint density at radius 2 is 1.33 bits per heavy atom. The van der Waals surface area contributed by atoms with Crippen molar-refractivity contribution in [3.8, 4) is 0 Å². The second-order valence-electron chi connectivity index (χ2n) is 0.676. The standard InChI is InChI=1S/Mo.4O.Zn. The van der Waals surface area contributed by atoms with Crippen LogP contribution < -0.4 is 0 Å². The topological polar surface area (TPSA) is 68.3 Å². The van der Waals surface area contributed by atoms with Crippen LogP contribution in [0.15, 0.2) is 0 Å². The maximum absolute atomic E-state index is 9.32. The van der Waals surface area contributed by atoms with Crippen molar-refractivity contribution in [1.29, 1.82) is 0 Å². The molecule has 0 aromatic carbocycles. The van der Waals surface area contributed by atoms with Crippen molar-refractivity contribution < 1.29 is 41.3 Å². The average Bonchev–Trinajstić information content (AvgIpc) is 1.35. The summed E-state index contributed by atoms with van der Waals surface area (Å²) in [5.41, 5.74) is 0. The molecule has 0 aromatic heterocycles. The van der Waals surface area contributed by atoms with Gasteiger partial charge in [0, 0.05) is 0 Å². The van der Waals surface area contributed by atoms with E-state index in [2.05, 4.69) is 0 Å². The van der Waals surface area contributed by atoms with Crippen LogP contribution >= 0.6 is 0 Å². The summed E-state index contributed by atoms with van der Waals surface area (Å²) < 4.78 is 37.3. The Kier molecular flexibility index (Phi) is 2.16. The predicted molar refractivity (Wildman–Crippen MR) is 2.75 cm³/mol. The molecule has 0 bridgehead atoms. The number of hydrogen-bond donors (Lipinski definition) is 0. The molecule has 0 spiro atoms. The minimum absolute atomic E-state index is 2.83. The first-order valence-electron chi connectivity index (χ1n) is 1.08. The van der Waals surface area contributed by atoms with Crippen LogP contribution in [-0.4, -0.2) is 0 Å². The Balaban J connectivity index is 4.80. The van der Waals surface area contributed by atoms with Gasteiger partial charge in [-0.05, 0) is 0 Å². The van der Waals surface area contributed by atoms with Crippen LogP contribution in [-0.2, 0) is 41.3 Å². The normalized spacial score (nSPS) is 10.0. The molecule has 0 aliphatic heterocycles. The van der Waals surface area contributed by atoms with Crippen LogP contribution in [0.1, 0.15) is 0 Å². The van der Waals surface area contributed by atoms with E-state index in [1.165, 1.54) is 0 Å². The molecule has 0 fully saturated rings. The predicted octanol–water partition coefficient (Wildman–Crippen LogP) is -0.480. The molecule has 4 nitrogen and oxygen atoms in total. The molecule has 32 valence electrons. The van der Waals surface area contributed by atoms with Crippen molar-refractivity contribution in [2.24, 2.45) is 0 Å². The van der Waals surface area contributed by atoms with Gasteiger partial charge >= 0.3 is 41.3 Å². The second-order valence-corrected chi connectivity index (χ2v) is 15.7. The molecule has 0 aliphatic rings. The van der Waals surface area contributed by atoms with Gasteiger partial charge < -0.3 is 0 Å². The Morgan fingerprint density at radius 3 is 1.33 bits per heavy atom. The summed E-state index contributed by atoms with van der Waals surface area (Å²) in [6.07, 6.45) is 0. The summed E-state index contributed by atoms with van der Waals surface area (Å²) in [7, 11) is 0. The van der Waals surface area contributed by atoms with Gasteiger partial charge in [0.2, 0.25) is 0 Å². The zero-order chi connectivity index (χ0) is 5.21. The van der Waals surface area contributed by atoms with E-state index < -0.39 is 27.5 Å². The molecule has 0 rings (SSSR count). The summed E-state index contributed by atoms with van der Waals surface area (Å²) in [6.45, 7) is 0. The van der Waals surface area contributed by atoms with Crippen molar-refractivity contribution in [2.75, 3.05) is 0 Å². The van der Waals surface area contributed by atoms with Gasteiger partial charge in [-0.15, -0.1) is 0 Å². The van der Waals surface area contributed by atoms with Gasteiger partial charge in [-0.25, -0.2) is 0 Å². The first-order valence-corrected chi connectivity index (χ1v) is 13.3. The number of rotatable bonds is 1. The first kappa shape index (κ1) is 6.51. The van der Waals surface area contributed by atoms with Crippen LogP contribution in [0.25, 0.3) is 0 Å². The molecule has 0 aliphatic carbocycles. The fourth-order valence-electron chi connectivity index (χ4n) is 0. The summed E-state index contributed by atoms with van der Waals surface area (Å²) in [5, 5.41) is 0. The zero-order valence-corrected chi connectivity index (χ0v) is 7.72. The van der Waals surface area contributed by atoms with Crippen molar-refractivity contribution >= 4 is 0 Å². The third-order valence-electron chi connectivity index (χ3n) is 0.144. The van der Waals surface area contributed by atoms with E-state index in [1.807, 2.05) is 0 Å². The molecule has 0 saturated heterocycles. The third-order valence-corrected chi connectivity index (χ3v) is 4.44. The van der Waals surface area contributed by atoms with Crippen molar-refractivity contribution in [3.63, 3.8) is 0 Å². The fourth-order valence-corrected chi connectivity index (χ4v) is 0. The van der Waals surface area contributed by atoms with Gasteiger partial charge in [0.15, 0.2) is 0 Å². The maximum atomic E-state index is 9.32. The van der Waals surface area contributed by atoms with Crippen LogP contribution in [0.3, 0.4) is 0 Å². The molecule has 0 saturated carbocycles. The van der Waals surface area contributed by atoms with Crippen LogP contribution in [0.2, 0.25) is 0 Å². The van der Waals surface area contributed by atoms with E-state index >= 15 is 0 Å². The Labute approximate surface area is 41.4 Å². The molecule has 0 amide bonds. The van der Waals surface area contributed by atoms with E-state index in [0.717, 1.165) is 0 Å². The van der Waals surface area contributed by atoms with Gasteiger partial charge in [0.25, 0.3) is 0 Å². The van der Waals surface area contributed by atoms with Crippen LogP contribution in [0.4, 0.5) is 0 Å². The summed E-state index contributed by atoms with van der Waals surface area (Å²) in [4.78, 5) is 0. The number of hydrogen-bond acceptors (Lipinski definition) is 4. The van der Waals surface area contributed by atoms with Crippen molar-refractivity contribution in [3.05, 3.63) is 0 Å². The zero-order valence-electron chi connectivity index (χ0n) is 2.75. The average molecular weight is 225 g/mol. The van der Waals surface area contributed by atoms with Gasteiger partial charge in [-0.1, -0.05) is 0 Å². The van der Waals surface area contributed by atoms with E-state index in [4.69, 9.17) is 0 Å². The van der Waals surface area contributed by atoms with E-state index in [9.17, 15) is 13.8 Å². The summed E-state index contributed by atoms with van der Waals surface area (Å²) in [5.74, 6) is 0. The van der Waals surface area contributed by atoms with E-state index in [-0.39, 0.29) is 0 Å². The molecule has 6 heavy (non-hydrogen) atoms. The molecule has 0 unspecified atom stereocenters. The summed E-state index contributed by atoms with van der Waals surface area (Å²) in [6, 6.07) is 0. The quantitative estimate of drug-likeness (QED) is 0.565. The molecular formula is MoO4Zn. The Bertz CT molecular complexity index is 162. The Hall–Kier alpha value is 0.512. The molecule has 0 atom stereocenters. The molecule has 0 aromatic rings. The van der Waals surface area contributed by atoms with E-state index in [1.54, 1.807) is 0 Å². The monoisotopic (exact) mass is 226 g/mol. The summed E-state index contributed by atoms with van der Waals surface area (Å²) >= 11 is -8.01. The van der Waals surface area contributed by atoms with Gasteiger partial charge in [0.05, 0.1) is 0 Å².